The predicted octanol–water partition coefficient (Wildman–Crippen LogP) is 1.82. The monoisotopic (exact) mass is 292 g/mol. The number of hydrogen-bond donors (Lipinski definition) is 1. The Balaban J connectivity index is 1.84. The highest BCUT2D eigenvalue weighted by molar-refractivity contribution is 7.80. The van der Waals surface area contributed by atoms with Crippen molar-refractivity contribution in [2.75, 3.05) is 26.8 Å². The Labute approximate surface area is 124 Å². The molecule has 0 aromatic heterocycles. The smallest absolute Gasteiger partial charge is 0.253 e. The van der Waals surface area contributed by atoms with Crippen molar-refractivity contribution in [3.63, 3.8) is 0 Å². The molecule has 0 spiro atoms. The molecule has 0 unspecified atom stereocenters. The molecule has 0 heterocycles. The lowest BCUT2D eigenvalue weighted by atomic mass is 10.1. The summed E-state index contributed by atoms with van der Waals surface area (Å²) in [5.41, 5.74) is 6.89. The van der Waals surface area contributed by atoms with Gasteiger partial charge in [-0.3, -0.25) is 4.79 Å². The molecule has 1 aliphatic rings. The second-order valence-electron chi connectivity index (χ2n) is 5.19. The first kappa shape index (κ1) is 14.9. The minimum absolute atomic E-state index is 0.0434. The summed E-state index contributed by atoms with van der Waals surface area (Å²) in [5.74, 6) is 0.705. The molecule has 1 saturated carbocycles. The summed E-state index contributed by atoms with van der Waals surface area (Å²) in [4.78, 5) is 14.2. The molecule has 1 aromatic rings. The van der Waals surface area contributed by atoms with Gasteiger partial charge in [0.25, 0.3) is 5.91 Å². The normalized spacial score (nSPS) is 14.1. The highest BCUT2D eigenvalue weighted by atomic mass is 32.1. The number of nitrogens with two attached hydrogens (primary N) is 1. The van der Waals surface area contributed by atoms with E-state index in [4.69, 9.17) is 22.7 Å². The van der Waals surface area contributed by atoms with Crippen LogP contribution >= 0.6 is 12.2 Å². The summed E-state index contributed by atoms with van der Waals surface area (Å²) < 4.78 is 5.54. The van der Waals surface area contributed by atoms with Crippen molar-refractivity contribution in [2.45, 2.75) is 12.8 Å². The number of ether oxygens (including phenoxy) is 1. The summed E-state index contributed by atoms with van der Waals surface area (Å²) in [6.45, 7) is 1.98. The highest BCUT2D eigenvalue weighted by Gasteiger charge is 2.21. The van der Waals surface area contributed by atoms with Gasteiger partial charge in [0.15, 0.2) is 0 Å². The van der Waals surface area contributed by atoms with Gasteiger partial charge in [0.2, 0.25) is 0 Å². The van der Waals surface area contributed by atoms with E-state index in [9.17, 15) is 4.79 Å². The zero-order chi connectivity index (χ0) is 14.5. The van der Waals surface area contributed by atoms with Gasteiger partial charge in [0, 0.05) is 31.3 Å². The van der Waals surface area contributed by atoms with E-state index < -0.39 is 0 Å². The van der Waals surface area contributed by atoms with E-state index in [-0.39, 0.29) is 5.91 Å². The average molecular weight is 292 g/mol. The van der Waals surface area contributed by atoms with Gasteiger partial charge in [-0.15, -0.1) is 0 Å². The molecule has 0 bridgehead atoms. The number of carbonyl (C=O) groups is 1. The first-order chi connectivity index (χ1) is 9.58. The number of nitrogens with zero attached hydrogens (tertiary/aromatic N) is 1. The number of amides is 1. The van der Waals surface area contributed by atoms with E-state index in [0.717, 1.165) is 12.5 Å². The molecule has 108 valence electrons. The number of benzene rings is 1. The van der Waals surface area contributed by atoms with Crippen LogP contribution in [0.3, 0.4) is 0 Å². The molecule has 2 rings (SSSR count). The number of hydrogen-bond acceptors (Lipinski definition) is 3. The molecule has 0 atom stereocenters. The van der Waals surface area contributed by atoms with Crippen LogP contribution in [0.1, 0.15) is 28.8 Å². The molecule has 1 fully saturated rings. The quantitative estimate of drug-likeness (QED) is 0.615. The Kier molecular flexibility index (Phi) is 5.09. The van der Waals surface area contributed by atoms with Gasteiger partial charge in [0.1, 0.15) is 4.99 Å². The van der Waals surface area contributed by atoms with Gasteiger partial charge < -0.3 is 15.4 Å². The summed E-state index contributed by atoms with van der Waals surface area (Å²) in [6, 6.07) is 7.09. The van der Waals surface area contributed by atoms with E-state index >= 15 is 0 Å². The minimum Gasteiger partial charge on any atom is -0.389 e. The Morgan fingerprint density at radius 1 is 1.45 bits per heavy atom. The minimum atomic E-state index is -0.0434. The Morgan fingerprint density at radius 3 is 2.80 bits per heavy atom. The van der Waals surface area contributed by atoms with Gasteiger partial charge >= 0.3 is 0 Å². The number of thiocarbonyl (C=S) groups is 1. The highest BCUT2D eigenvalue weighted by Crippen LogP contribution is 2.28. The van der Waals surface area contributed by atoms with Crippen LogP contribution in [0.15, 0.2) is 24.3 Å². The average Bonchev–Trinajstić information content (AvgIpc) is 3.26. The van der Waals surface area contributed by atoms with Gasteiger partial charge in [-0.2, -0.15) is 0 Å². The van der Waals surface area contributed by atoms with Crippen LogP contribution in [0.5, 0.6) is 0 Å². The van der Waals surface area contributed by atoms with Crippen molar-refractivity contribution in [3.05, 3.63) is 35.4 Å². The van der Waals surface area contributed by atoms with Crippen molar-refractivity contribution >= 4 is 23.1 Å². The summed E-state index contributed by atoms with van der Waals surface area (Å²) in [5, 5.41) is 0. The number of carbonyl (C=O) groups excluding carboxylic acids is 1. The fourth-order valence-electron chi connectivity index (χ4n) is 1.86. The fourth-order valence-corrected chi connectivity index (χ4v) is 1.99. The van der Waals surface area contributed by atoms with Gasteiger partial charge in [-0.05, 0) is 30.9 Å². The molecule has 1 amide bonds. The molecule has 4 nitrogen and oxygen atoms in total. The summed E-state index contributed by atoms with van der Waals surface area (Å²) >= 11 is 4.92. The molecule has 0 saturated heterocycles. The van der Waals surface area contributed by atoms with Crippen molar-refractivity contribution in [2.24, 2.45) is 11.7 Å². The third kappa shape index (κ3) is 4.28. The lowest BCUT2D eigenvalue weighted by Crippen LogP contribution is -2.30. The number of rotatable bonds is 7. The molecular weight excluding hydrogens is 272 g/mol. The third-order valence-corrected chi connectivity index (χ3v) is 3.60. The van der Waals surface area contributed by atoms with Gasteiger partial charge in [-0.25, -0.2) is 0 Å². The van der Waals surface area contributed by atoms with E-state index in [0.29, 0.717) is 29.3 Å². The Hall–Kier alpha value is -1.46. The Morgan fingerprint density at radius 2 is 2.15 bits per heavy atom. The van der Waals surface area contributed by atoms with Crippen molar-refractivity contribution < 1.29 is 9.53 Å². The van der Waals surface area contributed by atoms with E-state index in [1.807, 2.05) is 0 Å². The zero-order valence-electron chi connectivity index (χ0n) is 11.7. The van der Waals surface area contributed by atoms with Gasteiger partial charge in [-0.1, -0.05) is 24.4 Å². The molecule has 1 aromatic carbocycles. The SMILES string of the molecule is CN(CCOCC1CC1)C(=O)c1cccc(C(N)=S)c1. The third-order valence-electron chi connectivity index (χ3n) is 3.36. The lowest BCUT2D eigenvalue weighted by Gasteiger charge is -2.17. The molecule has 2 N–H and O–H groups in total. The van der Waals surface area contributed by atoms with Gasteiger partial charge in [0.05, 0.1) is 6.61 Å². The topological polar surface area (TPSA) is 55.6 Å². The fraction of sp³-hybridized carbons (Fsp3) is 0.467. The van der Waals surface area contributed by atoms with Crippen molar-refractivity contribution in [1.82, 2.24) is 4.90 Å². The van der Waals surface area contributed by atoms with E-state index in [2.05, 4.69) is 0 Å². The van der Waals surface area contributed by atoms with Crippen LogP contribution < -0.4 is 5.73 Å². The van der Waals surface area contributed by atoms with Crippen LogP contribution in [-0.2, 0) is 4.74 Å². The maximum absolute atomic E-state index is 12.2. The van der Waals surface area contributed by atoms with Crippen LogP contribution in [0.25, 0.3) is 0 Å². The first-order valence-corrected chi connectivity index (χ1v) is 7.22. The largest absolute Gasteiger partial charge is 0.389 e. The zero-order valence-corrected chi connectivity index (χ0v) is 12.5. The molecule has 0 radical (unpaired) electrons. The molecule has 5 heteroatoms. The van der Waals surface area contributed by atoms with E-state index in [1.54, 1.807) is 36.2 Å². The van der Waals surface area contributed by atoms with Crippen LogP contribution in [0.4, 0.5) is 0 Å². The van der Waals surface area contributed by atoms with E-state index in [1.165, 1.54) is 12.8 Å². The molecule has 0 aliphatic heterocycles. The summed E-state index contributed by atoms with van der Waals surface area (Å²) in [7, 11) is 1.77. The molecule has 1 aliphatic carbocycles. The number of likely N-dealkylation sites (N-methyl/N-ethyl adjacent to an activating group) is 1. The summed E-state index contributed by atoms with van der Waals surface area (Å²) in [6.07, 6.45) is 2.56. The predicted molar refractivity (Wildman–Crippen MR) is 82.8 cm³/mol. The maximum atomic E-state index is 12.2. The second kappa shape index (κ2) is 6.81. The second-order valence-corrected chi connectivity index (χ2v) is 5.63. The molecular formula is C15H20N2O2S. The lowest BCUT2D eigenvalue weighted by molar-refractivity contribution is 0.0681. The van der Waals surface area contributed by atoms with Crippen LogP contribution in [0.2, 0.25) is 0 Å². The Bertz CT molecular complexity index is 500. The maximum Gasteiger partial charge on any atom is 0.253 e. The van der Waals surface area contributed by atoms with Crippen LogP contribution in [-0.4, -0.2) is 42.6 Å². The van der Waals surface area contributed by atoms with Crippen LogP contribution in [0, 0.1) is 5.92 Å². The molecule has 20 heavy (non-hydrogen) atoms. The van der Waals surface area contributed by atoms with Crippen molar-refractivity contribution in [3.8, 4) is 0 Å². The van der Waals surface area contributed by atoms with Crippen molar-refractivity contribution in [1.29, 1.82) is 0 Å². The first-order valence-electron chi connectivity index (χ1n) is 6.81. The standard InChI is InChI=1S/C15H20N2O2S/c1-17(7-8-19-10-11-5-6-11)15(18)13-4-2-3-12(9-13)14(16)20/h2-4,9,11H,5-8,10H2,1H3,(H2,16,20).